The number of hydrogen-bond acceptors (Lipinski definition) is 3. The van der Waals surface area contributed by atoms with Crippen LogP contribution in [-0.4, -0.2) is 38.0 Å². The molecule has 0 radical (unpaired) electrons. The summed E-state index contributed by atoms with van der Waals surface area (Å²) in [5, 5.41) is 12.7. The molecule has 0 aliphatic carbocycles. The van der Waals surface area contributed by atoms with Gasteiger partial charge in [0, 0.05) is 6.54 Å². The standard InChI is InChI=1S/C16H25NO2/c1-2-3-14-4-6-15(7-5-14)8-9-17-10-16(11-18)12-19-13-16/h4-7,17-18H,2-3,8-13H2,1H3. The van der Waals surface area contributed by atoms with Crippen molar-refractivity contribution >= 4 is 0 Å². The van der Waals surface area contributed by atoms with Gasteiger partial charge in [-0.15, -0.1) is 0 Å². The molecule has 1 fully saturated rings. The Labute approximate surface area is 116 Å². The fraction of sp³-hybridized carbons (Fsp3) is 0.625. The molecular weight excluding hydrogens is 238 g/mol. The summed E-state index contributed by atoms with van der Waals surface area (Å²) in [7, 11) is 0. The van der Waals surface area contributed by atoms with Crippen molar-refractivity contribution in [3.05, 3.63) is 35.4 Å². The maximum Gasteiger partial charge on any atom is 0.0579 e. The fourth-order valence-electron chi connectivity index (χ4n) is 2.39. The highest BCUT2D eigenvalue weighted by Gasteiger charge is 2.37. The number of rotatable bonds is 8. The number of aliphatic hydroxyl groups is 1. The van der Waals surface area contributed by atoms with E-state index in [1.807, 2.05) is 0 Å². The highest BCUT2D eigenvalue weighted by molar-refractivity contribution is 5.22. The molecule has 106 valence electrons. The fourth-order valence-corrected chi connectivity index (χ4v) is 2.39. The molecule has 3 heteroatoms. The summed E-state index contributed by atoms with van der Waals surface area (Å²) in [5.74, 6) is 0. The van der Waals surface area contributed by atoms with Gasteiger partial charge in [-0.25, -0.2) is 0 Å². The molecule has 0 spiro atoms. The molecule has 3 nitrogen and oxygen atoms in total. The van der Waals surface area contributed by atoms with Crippen LogP contribution in [0.3, 0.4) is 0 Å². The van der Waals surface area contributed by atoms with Crippen LogP contribution >= 0.6 is 0 Å². The highest BCUT2D eigenvalue weighted by Crippen LogP contribution is 2.25. The van der Waals surface area contributed by atoms with Gasteiger partial charge in [-0.2, -0.15) is 0 Å². The molecular formula is C16H25NO2. The van der Waals surface area contributed by atoms with E-state index in [9.17, 15) is 5.11 Å². The van der Waals surface area contributed by atoms with Crippen molar-refractivity contribution in [2.45, 2.75) is 26.2 Å². The molecule has 0 saturated carbocycles. The second-order valence-electron chi connectivity index (χ2n) is 5.64. The predicted molar refractivity (Wildman–Crippen MR) is 77.3 cm³/mol. The van der Waals surface area contributed by atoms with Crippen molar-refractivity contribution in [1.29, 1.82) is 0 Å². The van der Waals surface area contributed by atoms with Crippen molar-refractivity contribution in [2.24, 2.45) is 5.41 Å². The van der Waals surface area contributed by atoms with E-state index in [2.05, 4.69) is 36.5 Å². The Morgan fingerprint density at radius 3 is 2.26 bits per heavy atom. The third-order valence-electron chi connectivity index (χ3n) is 3.80. The Balaban J connectivity index is 1.67. The van der Waals surface area contributed by atoms with Crippen LogP contribution in [0.5, 0.6) is 0 Å². The topological polar surface area (TPSA) is 41.5 Å². The molecule has 0 atom stereocenters. The van der Waals surface area contributed by atoms with Gasteiger partial charge in [-0.05, 0) is 30.5 Å². The van der Waals surface area contributed by atoms with Gasteiger partial charge in [0.1, 0.15) is 0 Å². The number of ether oxygens (including phenoxy) is 1. The first-order chi connectivity index (χ1) is 9.28. The van der Waals surface area contributed by atoms with Crippen LogP contribution in [0.25, 0.3) is 0 Å². The van der Waals surface area contributed by atoms with Crippen LogP contribution in [0, 0.1) is 5.41 Å². The largest absolute Gasteiger partial charge is 0.396 e. The van der Waals surface area contributed by atoms with E-state index in [0.717, 1.165) is 25.9 Å². The first-order valence-corrected chi connectivity index (χ1v) is 7.25. The summed E-state index contributed by atoms with van der Waals surface area (Å²) in [6, 6.07) is 8.91. The Morgan fingerprint density at radius 1 is 1.16 bits per heavy atom. The van der Waals surface area contributed by atoms with E-state index >= 15 is 0 Å². The van der Waals surface area contributed by atoms with Crippen LogP contribution in [0.2, 0.25) is 0 Å². The third-order valence-corrected chi connectivity index (χ3v) is 3.80. The minimum Gasteiger partial charge on any atom is -0.396 e. The Morgan fingerprint density at radius 2 is 1.79 bits per heavy atom. The molecule has 1 aromatic carbocycles. The first kappa shape index (κ1) is 14.5. The summed E-state index contributed by atoms with van der Waals surface area (Å²) in [4.78, 5) is 0. The summed E-state index contributed by atoms with van der Waals surface area (Å²) >= 11 is 0. The number of nitrogens with one attached hydrogen (secondary N) is 1. The van der Waals surface area contributed by atoms with Crippen LogP contribution in [-0.2, 0) is 17.6 Å². The first-order valence-electron chi connectivity index (χ1n) is 7.25. The van der Waals surface area contributed by atoms with Crippen molar-refractivity contribution in [3.63, 3.8) is 0 Å². The second-order valence-corrected chi connectivity index (χ2v) is 5.64. The molecule has 0 bridgehead atoms. The van der Waals surface area contributed by atoms with Crippen LogP contribution < -0.4 is 5.32 Å². The molecule has 0 amide bonds. The lowest BCUT2D eigenvalue weighted by atomic mass is 9.87. The molecule has 1 heterocycles. The Bertz CT molecular complexity index is 365. The van der Waals surface area contributed by atoms with Gasteiger partial charge in [0.25, 0.3) is 0 Å². The van der Waals surface area contributed by atoms with Crippen molar-refractivity contribution in [2.75, 3.05) is 32.9 Å². The zero-order valence-electron chi connectivity index (χ0n) is 11.8. The van der Waals surface area contributed by atoms with Gasteiger partial charge in [0.05, 0.1) is 25.2 Å². The van der Waals surface area contributed by atoms with Gasteiger partial charge in [0.2, 0.25) is 0 Å². The van der Waals surface area contributed by atoms with Gasteiger partial charge >= 0.3 is 0 Å². The van der Waals surface area contributed by atoms with Crippen LogP contribution in [0.4, 0.5) is 0 Å². The summed E-state index contributed by atoms with van der Waals surface area (Å²) in [5.41, 5.74) is 2.77. The number of hydrogen-bond donors (Lipinski definition) is 2. The maximum atomic E-state index is 9.31. The monoisotopic (exact) mass is 263 g/mol. The second kappa shape index (κ2) is 7.04. The lowest BCUT2D eigenvalue weighted by molar-refractivity contribution is -0.134. The normalized spacial score (nSPS) is 17.2. The van der Waals surface area contributed by atoms with Crippen LogP contribution in [0.15, 0.2) is 24.3 Å². The average molecular weight is 263 g/mol. The third kappa shape index (κ3) is 4.03. The SMILES string of the molecule is CCCc1ccc(CCNCC2(CO)COC2)cc1. The van der Waals surface area contributed by atoms with Crippen LogP contribution in [0.1, 0.15) is 24.5 Å². The summed E-state index contributed by atoms with van der Waals surface area (Å²) in [6.07, 6.45) is 3.40. The van der Waals surface area contributed by atoms with Crippen molar-refractivity contribution < 1.29 is 9.84 Å². The average Bonchev–Trinajstić information content (AvgIpc) is 2.39. The van der Waals surface area contributed by atoms with Crippen molar-refractivity contribution in [1.82, 2.24) is 5.32 Å². The van der Waals surface area contributed by atoms with E-state index in [1.165, 1.54) is 17.5 Å². The smallest absolute Gasteiger partial charge is 0.0579 e. The molecule has 0 unspecified atom stereocenters. The Kier molecular flexibility index (Phi) is 5.37. The molecule has 2 N–H and O–H groups in total. The van der Waals surface area contributed by atoms with E-state index < -0.39 is 0 Å². The molecule has 1 saturated heterocycles. The molecule has 1 aromatic rings. The minimum absolute atomic E-state index is 0.0228. The number of benzene rings is 1. The van der Waals surface area contributed by atoms with Gasteiger partial charge in [-0.1, -0.05) is 37.6 Å². The van der Waals surface area contributed by atoms with Gasteiger partial charge in [0.15, 0.2) is 0 Å². The highest BCUT2D eigenvalue weighted by atomic mass is 16.5. The lowest BCUT2D eigenvalue weighted by Crippen LogP contribution is -2.52. The maximum absolute atomic E-state index is 9.31. The van der Waals surface area contributed by atoms with E-state index in [0.29, 0.717) is 13.2 Å². The van der Waals surface area contributed by atoms with E-state index in [-0.39, 0.29) is 12.0 Å². The van der Waals surface area contributed by atoms with Gasteiger partial charge in [-0.3, -0.25) is 0 Å². The lowest BCUT2D eigenvalue weighted by Gasteiger charge is -2.40. The van der Waals surface area contributed by atoms with Gasteiger partial charge < -0.3 is 15.2 Å². The number of aliphatic hydroxyl groups excluding tert-OH is 1. The Hall–Kier alpha value is -0.900. The minimum atomic E-state index is -0.0228. The molecule has 0 aromatic heterocycles. The predicted octanol–water partition coefficient (Wildman–Crippen LogP) is 1.78. The van der Waals surface area contributed by atoms with Crippen molar-refractivity contribution in [3.8, 4) is 0 Å². The number of aryl methyl sites for hydroxylation is 1. The quantitative estimate of drug-likeness (QED) is 0.703. The zero-order valence-corrected chi connectivity index (χ0v) is 11.8. The van der Waals surface area contributed by atoms with E-state index in [4.69, 9.17) is 4.74 Å². The molecule has 1 aliphatic rings. The van der Waals surface area contributed by atoms with E-state index in [1.54, 1.807) is 0 Å². The summed E-state index contributed by atoms with van der Waals surface area (Å²) in [6.45, 7) is 5.58. The zero-order chi connectivity index (χ0) is 13.6. The molecule has 1 aliphatic heterocycles. The molecule has 19 heavy (non-hydrogen) atoms. The summed E-state index contributed by atoms with van der Waals surface area (Å²) < 4.78 is 5.18. The molecule has 2 rings (SSSR count).